The molecule has 4 rings (SSSR count). The standard InChI is InChI=1S/C14H16N6O2S/c1-14(2)10(11-16-18-19-17-11)20-12(22)8(13(20)23-14)9(21)7-3-5-15-6-4-7/h3-6,8-10,13,21H,1-2H3,(H,16,17,18,19)/t8-,9?,10-,13-/m0/s1. The number of nitrogens with one attached hydrogen (secondary N) is 1. The van der Waals surface area contributed by atoms with Gasteiger partial charge in [-0.05, 0) is 42.0 Å². The van der Waals surface area contributed by atoms with Gasteiger partial charge in [-0.1, -0.05) is 0 Å². The molecule has 2 N–H and O–H groups in total. The number of aliphatic hydroxyl groups excluding tert-OH is 1. The van der Waals surface area contributed by atoms with Crippen molar-refractivity contribution in [3.8, 4) is 0 Å². The number of nitrogens with zero attached hydrogens (tertiary/aromatic N) is 5. The van der Waals surface area contributed by atoms with E-state index in [1.54, 1.807) is 41.2 Å². The maximum atomic E-state index is 12.7. The number of carbonyl (C=O) groups is 1. The molecule has 2 aliphatic rings. The summed E-state index contributed by atoms with van der Waals surface area (Å²) in [4.78, 5) is 18.4. The molecule has 23 heavy (non-hydrogen) atoms. The van der Waals surface area contributed by atoms with Crippen molar-refractivity contribution in [2.45, 2.75) is 36.1 Å². The van der Waals surface area contributed by atoms with Gasteiger partial charge in [0.05, 0.1) is 17.4 Å². The molecule has 120 valence electrons. The molecule has 0 bridgehead atoms. The highest BCUT2D eigenvalue weighted by Crippen LogP contribution is 2.60. The lowest BCUT2D eigenvalue weighted by Gasteiger charge is -2.46. The van der Waals surface area contributed by atoms with Crippen LogP contribution in [-0.2, 0) is 4.79 Å². The highest BCUT2D eigenvalue weighted by molar-refractivity contribution is 8.01. The van der Waals surface area contributed by atoms with Crippen LogP contribution >= 0.6 is 11.8 Å². The number of β-lactam (4-membered cyclic amide) rings is 1. The summed E-state index contributed by atoms with van der Waals surface area (Å²) in [5.41, 5.74) is 0.709. The quantitative estimate of drug-likeness (QED) is 0.796. The van der Waals surface area contributed by atoms with Crippen LogP contribution < -0.4 is 0 Å². The van der Waals surface area contributed by atoms with E-state index in [1.807, 2.05) is 0 Å². The zero-order valence-electron chi connectivity index (χ0n) is 12.6. The van der Waals surface area contributed by atoms with E-state index in [0.717, 1.165) is 0 Å². The van der Waals surface area contributed by atoms with Gasteiger partial charge >= 0.3 is 0 Å². The molecule has 0 radical (unpaired) electrons. The van der Waals surface area contributed by atoms with Gasteiger partial charge < -0.3 is 10.0 Å². The van der Waals surface area contributed by atoms with Crippen molar-refractivity contribution in [2.75, 3.05) is 0 Å². The predicted octanol–water partition coefficient (Wildman–Crippen LogP) is 0.679. The van der Waals surface area contributed by atoms with Crippen LogP contribution in [0.2, 0.25) is 0 Å². The Bertz CT molecular complexity index is 722. The Morgan fingerprint density at radius 2 is 2.13 bits per heavy atom. The summed E-state index contributed by atoms with van der Waals surface area (Å²) >= 11 is 1.67. The number of rotatable bonds is 3. The number of aliphatic hydroxyl groups is 1. The van der Waals surface area contributed by atoms with Crippen LogP contribution in [0.3, 0.4) is 0 Å². The number of hydrogen-bond donors (Lipinski definition) is 2. The zero-order chi connectivity index (χ0) is 16.2. The first-order chi connectivity index (χ1) is 11.0. The largest absolute Gasteiger partial charge is 0.387 e. The van der Waals surface area contributed by atoms with Crippen molar-refractivity contribution in [1.82, 2.24) is 30.5 Å². The molecule has 0 spiro atoms. The van der Waals surface area contributed by atoms with Crippen LogP contribution in [0.1, 0.15) is 37.4 Å². The van der Waals surface area contributed by atoms with Gasteiger partial charge in [0.15, 0.2) is 5.82 Å². The molecule has 1 unspecified atom stereocenters. The minimum absolute atomic E-state index is 0.0706. The fraction of sp³-hybridized carbons (Fsp3) is 0.500. The number of H-pyrrole nitrogens is 1. The van der Waals surface area contributed by atoms with E-state index in [-0.39, 0.29) is 22.1 Å². The maximum Gasteiger partial charge on any atom is 0.233 e. The minimum atomic E-state index is -0.832. The van der Waals surface area contributed by atoms with Crippen molar-refractivity contribution in [3.63, 3.8) is 0 Å². The molecule has 0 aromatic carbocycles. The zero-order valence-corrected chi connectivity index (χ0v) is 13.4. The van der Waals surface area contributed by atoms with E-state index in [9.17, 15) is 9.90 Å². The second kappa shape index (κ2) is 5.00. The van der Waals surface area contributed by atoms with Crippen molar-refractivity contribution >= 4 is 17.7 Å². The van der Waals surface area contributed by atoms with Crippen molar-refractivity contribution in [3.05, 3.63) is 35.9 Å². The highest BCUT2D eigenvalue weighted by Gasteiger charge is 2.64. The fourth-order valence-corrected chi connectivity index (χ4v) is 5.16. The molecule has 4 heterocycles. The van der Waals surface area contributed by atoms with Crippen LogP contribution in [0, 0.1) is 5.92 Å². The number of tetrazole rings is 1. The third-order valence-electron chi connectivity index (χ3n) is 4.49. The average Bonchev–Trinajstić information content (AvgIpc) is 3.12. The summed E-state index contributed by atoms with van der Waals surface area (Å²) in [6.45, 7) is 4.12. The van der Waals surface area contributed by atoms with E-state index in [4.69, 9.17) is 0 Å². The van der Waals surface area contributed by atoms with E-state index in [1.165, 1.54) is 0 Å². The summed E-state index contributed by atoms with van der Waals surface area (Å²) in [5.74, 6) is 0.0524. The van der Waals surface area contributed by atoms with Gasteiger partial charge in [-0.15, -0.1) is 16.9 Å². The van der Waals surface area contributed by atoms with Crippen LogP contribution in [0.15, 0.2) is 24.5 Å². The van der Waals surface area contributed by atoms with E-state index < -0.39 is 12.0 Å². The molecule has 1 amide bonds. The van der Waals surface area contributed by atoms with Crippen molar-refractivity contribution in [2.24, 2.45) is 5.92 Å². The van der Waals surface area contributed by atoms with Crippen molar-refractivity contribution < 1.29 is 9.90 Å². The van der Waals surface area contributed by atoms with Crippen molar-refractivity contribution in [1.29, 1.82) is 0 Å². The molecule has 2 fully saturated rings. The number of pyridine rings is 1. The van der Waals surface area contributed by atoms with Gasteiger partial charge in [0, 0.05) is 17.1 Å². The SMILES string of the molecule is CC1(C)S[C@H]2[C@@H](C(O)c3ccncc3)C(=O)N2[C@H]1c1nnn[nH]1. The Balaban J connectivity index is 1.63. The number of carbonyl (C=O) groups excluding carboxylic acids is 1. The molecule has 0 aliphatic carbocycles. The molecule has 2 saturated heterocycles. The van der Waals surface area contributed by atoms with Gasteiger partial charge in [-0.25, -0.2) is 5.10 Å². The number of fused-ring (bicyclic) bond motifs is 1. The number of hydrogen-bond acceptors (Lipinski definition) is 7. The van der Waals surface area contributed by atoms with E-state index >= 15 is 0 Å². The number of aromatic nitrogens is 5. The van der Waals surface area contributed by atoms with Gasteiger partial charge in [0.2, 0.25) is 5.91 Å². The van der Waals surface area contributed by atoms with Crippen LogP contribution in [-0.4, -0.2) is 51.6 Å². The third kappa shape index (κ3) is 2.07. The van der Waals surface area contributed by atoms with Gasteiger partial charge in [-0.2, -0.15) is 0 Å². The Morgan fingerprint density at radius 3 is 2.78 bits per heavy atom. The first-order valence-corrected chi connectivity index (χ1v) is 8.20. The monoisotopic (exact) mass is 332 g/mol. The van der Waals surface area contributed by atoms with Gasteiger partial charge in [0.1, 0.15) is 6.04 Å². The molecule has 2 aromatic rings. The number of thioether (sulfide) groups is 1. The number of amides is 1. The smallest absolute Gasteiger partial charge is 0.233 e. The molecule has 2 aromatic heterocycles. The Kier molecular flexibility index (Phi) is 3.17. The third-order valence-corrected chi connectivity index (χ3v) is 6.08. The topological polar surface area (TPSA) is 108 Å². The number of aromatic amines is 1. The molecule has 2 aliphatic heterocycles. The highest BCUT2D eigenvalue weighted by atomic mass is 32.2. The first-order valence-electron chi connectivity index (χ1n) is 7.32. The lowest BCUT2D eigenvalue weighted by Crippen LogP contribution is -2.59. The molecular formula is C14H16N6O2S. The molecule has 0 saturated carbocycles. The lowest BCUT2D eigenvalue weighted by atomic mass is 9.85. The average molecular weight is 332 g/mol. The maximum absolute atomic E-state index is 12.7. The summed E-state index contributed by atoms with van der Waals surface area (Å²) in [6.07, 6.45) is 2.41. The Morgan fingerprint density at radius 1 is 1.39 bits per heavy atom. The second-order valence-corrected chi connectivity index (χ2v) is 8.07. The van der Waals surface area contributed by atoms with Crippen LogP contribution in [0.5, 0.6) is 0 Å². The summed E-state index contributed by atoms with van der Waals surface area (Å²) < 4.78 is -0.242. The normalized spacial score (nSPS) is 30.0. The minimum Gasteiger partial charge on any atom is -0.387 e. The summed E-state index contributed by atoms with van der Waals surface area (Å²) in [6, 6.07) is 3.26. The van der Waals surface area contributed by atoms with Crippen LogP contribution in [0.4, 0.5) is 0 Å². The Labute approximate surface area is 136 Å². The molecule has 8 nitrogen and oxygen atoms in total. The summed E-state index contributed by atoms with van der Waals surface area (Å²) in [7, 11) is 0. The fourth-order valence-electron chi connectivity index (χ4n) is 3.43. The predicted molar refractivity (Wildman–Crippen MR) is 81.9 cm³/mol. The molecular weight excluding hydrogens is 316 g/mol. The first kappa shape index (κ1) is 14.6. The van der Waals surface area contributed by atoms with E-state index in [0.29, 0.717) is 11.4 Å². The van der Waals surface area contributed by atoms with Crippen LogP contribution in [0.25, 0.3) is 0 Å². The molecule has 9 heteroatoms. The Hall–Kier alpha value is -2.00. The summed E-state index contributed by atoms with van der Waals surface area (Å²) in [5, 5.41) is 24.5. The van der Waals surface area contributed by atoms with Gasteiger partial charge in [-0.3, -0.25) is 9.78 Å². The van der Waals surface area contributed by atoms with E-state index in [2.05, 4.69) is 39.5 Å². The lowest BCUT2D eigenvalue weighted by molar-refractivity contribution is -0.161. The second-order valence-electron chi connectivity index (χ2n) is 6.30. The van der Waals surface area contributed by atoms with Gasteiger partial charge in [0.25, 0.3) is 0 Å². The molecule has 4 atom stereocenters.